The molecular weight excluding hydrogens is 510 g/mol. The molecule has 2 amide bonds. The zero-order chi connectivity index (χ0) is 28.2. The number of aryl methyl sites for hydroxylation is 1. The van der Waals surface area contributed by atoms with Gasteiger partial charge in [-0.1, -0.05) is 97.7 Å². The van der Waals surface area contributed by atoms with Gasteiger partial charge in [0.2, 0.25) is 0 Å². The summed E-state index contributed by atoms with van der Waals surface area (Å²) in [6, 6.07) is 31.3. The maximum atomic E-state index is 13.3. The Morgan fingerprint density at radius 1 is 0.897 bits per heavy atom. The Balaban J connectivity index is 0.000000401. The van der Waals surface area contributed by atoms with Crippen LogP contribution in [0.1, 0.15) is 45.7 Å². The average molecular weight is 544 g/mol. The molecule has 1 heterocycles. The van der Waals surface area contributed by atoms with Crippen LogP contribution in [-0.4, -0.2) is 29.7 Å². The number of carbonyl (C=O) groups excluding carboxylic acids is 2. The van der Waals surface area contributed by atoms with Crippen molar-refractivity contribution in [2.75, 3.05) is 16.8 Å². The number of β-amino-alcohol motifs (C(OH)–C–C–N with tert-alkyl or cyclic N) is 1. The molecule has 0 saturated carbocycles. The van der Waals surface area contributed by atoms with Gasteiger partial charge in [0.25, 0.3) is 11.8 Å². The third-order valence-electron chi connectivity index (χ3n) is 5.85. The lowest BCUT2D eigenvalue weighted by atomic mass is 10.1. The van der Waals surface area contributed by atoms with Gasteiger partial charge in [-0.25, -0.2) is 0 Å². The van der Waals surface area contributed by atoms with E-state index in [4.69, 9.17) is 11.6 Å². The topological polar surface area (TPSA) is 81.7 Å². The number of nitrogens with one attached hydrogen (secondary N) is 2. The van der Waals surface area contributed by atoms with Gasteiger partial charge < -0.3 is 15.3 Å². The predicted molar refractivity (Wildman–Crippen MR) is 159 cm³/mol. The molecule has 4 aromatic rings. The van der Waals surface area contributed by atoms with Crippen LogP contribution < -0.4 is 15.5 Å². The second-order valence-corrected chi connectivity index (χ2v) is 9.02. The average Bonchev–Trinajstić information content (AvgIpc) is 3.14. The summed E-state index contributed by atoms with van der Waals surface area (Å²) in [5.41, 5.74) is 4.26. The van der Waals surface area contributed by atoms with Crippen LogP contribution in [0.3, 0.4) is 0 Å². The first kappa shape index (κ1) is 29.6. The molecule has 6 nitrogen and oxygen atoms in total. The molecule has 0 spiro atoms. The molecule has 39 heavy (non-hydrogen) atoms. The third-order valence-corrected chi connectivity index (χ3v) is 6.16. The first-order valence-electron chi connectivity index (χ1n) is 12.9. The van der Waals surface area contributed by atoms with E-state index in [9.17, 15) is 14.7 Å². The van der Waals surface area contributed by atoms with Crippen molar-refractivity contribution in [3.63, 3.8) is 0 Å². The van der Waals surface area contributed by atoms with E-state index in [1.807, 2.05) is 62.4 Å². The fourth-order valence-corrected chi connectivity index (χ4v) is 4.18. The fourth-order valence-electron chi connectivity index (χ4n) is 3.92. The van der Waals surface area contributed by atoms with Crippen LogP contribution in [-0.2, 0) is 6.54 Å². The Morgan fingerprint density at radius 3 is 2.13 bits per heavy atom. The lowest BCUT2D eigenvalue weighted by Gasteiger charge is -2.24. The molecule has 5 rings (SSSR count). The molecular formula is C32H34ClN3O3. The molecule has 0 radical (unpaired) electrons. The van der Waals surface area contributed by atoms with Crippen molar-refractivity contribution in [3.8, 4) is 0 Å². The number of halogens is 1. The standard InChI is InChI=1S/C23H20ClN3O3.C7H8.C2H6/c24-19-12-17(26-22(29)15-6-2-1-3-7-15)10-11-18(19)23(30)27-14-21(28)25-13-16-8-4-5-9-20(16)27;1-7-5-3-2-4-6-7;1-2/h1-12,21,25,28H,13-14H2,(H,26,29);2-6H,1H3;1-2H3/t21-;;/m1../s1. The number of amides is 2. The molecule has 0 unspecified atom stereocenters. The zero-order valence-electron chi connectivity index (χ0n) is 22.4. The number of anilines is 2. The van der Waals surface area contributed by atoms with Gasteiger partial charge in [-0.2, -0.15) is 0 Å². The van der Waals surface area contributed by atoms with Crippen LogP contribution in [0.5, 0.6) is 0 Å². The number of rotatable bonds is 3. The van der Waals surface area contributed by atoms with E-state index in [1.165, 1.54) is 10.5 Å². The van der Waals surface area contributed by atoms with Gasteiger partial charge in [-0.15, -0.1) is 0 Å². The molecule has 1 atom stereocenters. The number of fused-ring (bicyclic) bond motifs is 1. The Bertz CT molecular complexity index is 1360. The number of hydrogen-bond acceptors (Lipinski definition) is 4. The molecule has 0 aromatic heterocycles. The largest absolute Gasteiger partial charge is 0.377 e. The van der Waals surface area contributed by atoms with E-state index in [0.29, 0.717) is 23.4 Å². The monoisotopic (exact) mass is 543 g/mol. The van der Waals surface area contributed by atoms with Crippen molar-refractivity contribution in [2.24, 2.45) is 0 Å². The van der Waals surface area contributed by atoms with Gasteiger partial charge in [0.1, 0.15) is 6.23 Å². The minimum atomic E-state index is -0.857. The number of hydrogen-bond donors (Lipinski definition) is 3. The number of para-hydroxylation sites is 1. The Hall–Kier alpha value is -3.97. The summed E-state index contributed by atoms with van der Waals surface area (Å²) in [4.78, 5) is 27.1. The van der Waals surface area contributed by atoms with E-state index in [-0.39, 0.29) is 23.4 Å². The van der Waals surface area contributed by atoms with E-state index >= 15 is 0 Å². The van der Waals surface area contributed by atoms with Gasteiger partial charge in [0, 0.05) is 23.5 Å². The molecule has 3 N–H and O–H groups in total. The van der Waals surface area contributed by atoms with Gasteiger partial charge in [0.15, 0.2) is 0 Å². The summed E-state index contributed by atoms with van der Waals surface area (Å²) >= 11 is 6.40. The predicted octanol–water partition coefficient (Wildman–Crippen LogP) is 6.68. The van der Waals surface area contributed by atoms with Crippen molar-refractivity contribution in [1.29, 1.82) is 0 Å². The van der Waals surface area contributed by atoms with E-state index in [2.05, 4.69) is 29.7 Å². The van der Waals surface area contributed by atoms with Gasteiger partial charge in [0.05, 0.1) is 17.1 Å². The second kappa shape index (κ2) is 14.8. The van der Waals surface area contributed by atoms with Gasteiger partial charge in [-0.3, -0.25) is 14.9 Å². The normalized spacial score (nSPS) is 13.9. The summed E-state index contributed by atoms with van der Waals surface area (Å²) < 4.78 is 0. The summed E-state index contributed by atoms with van der Waals surface area (Å²) in [6.45, 7) is 6.64. The highest BCUT2D eigenvalue weighted by molar-refractivity contribution is 6.35. The number of carbonyl (C=O) groups is 2. The Labute approximate surface area is 235 Å². The molecule has 1 aliphatic rings. The van der Waals surface area contributed by atoms with Crippen LogP contribution in [0.25, 0.3) is 0 Å². The minimum Gasteiger partial charge on any atom is -0.377 e. The SMILES string of the molecule is CC.Cc1ccccc1.O=C(Nc1ccc(C(=O)N2C[C@@H](O)NCc3ccccc32)c(Cl)c1)c1ccccc1. The quantitative estimate of drug-likeness (QED) is 0.269. The Morgan fingerprint density at radius 2 is 1.51 bits per heavy atom. The molecule has 0 bridgehead atoms. The number of nitrogens with zero attached hydrogens (tertiary/aromatic N) is 1. The summed E-state index contributed by atoms with van der Waals surface area (Å²) in [6.07, 6.45) is -0.857. The van der Waals surface area contributed by atoms with Crippen LogP contribution in [0, 0.1) is 6.92 Å². The molecule has 1 aliphatic heterocycles. The van der Waals surface area contributed by atoms with E-state index in [1.54, 1.807) is 42.5 Å². The summed E-state index contributed by atoms with van der Waals surface area (Å²) in [7, 11) is 0. The number of aliphatic hydroxyl groups excluding tert-OH is 1. The van der Waals surface area contributed by atoms with Crippen LogP contribution in [0.15, 0.2) is 103 Å². The second-order valence-electron chi connectivity index (χ2n) is 8.61. The zero-order valence-corrected chi connectivity index (χ0v) is 23.2. The third kappa shape index (κ3) is 8.26. The van der Waals surface area contributed by atoms with E-state index in [0.717, 1.165) is 11.3 Å². The van der Waals surface area contributed by atoms with Crippen molar-refractivity contribution in [1.82, 2.24) is 5.32 Å². The van der Waals surface area contributed by atoms with Crippen LogP contribution in [0.2, 0.25) is 5.02 Å². The van der Waals surface area contributed by atoms with E-state index < -0.39 is 6.23 Å². The van der Waals surface area contributed by atoms with Crippen molar-refractivity contribution in [3.05, 3.63) is 130 Å². The van der Waals surface area contributed by atoms with Crippen molar-refractivity contribution < 1.29 is 14.7 Å². The number of benzene rings is 4. The van der Waals surface area contributed by atoms with Crippen LogP contribution in [0.4, 0.5) is 11.4 Å². The van der Waals surface area contributed by atoms with Crippen molar-refractivity contribution in [2.45, 2.75) is 33.5 Å². The first-order valence-corrected chi connectivity index (χ1v) is 13.3. The maximum Gasteiger partial charge on any atom is 0.259 e. The smallest absolute Gasteiger partial charge is 0.259 e. The minimum absolute atomic E-state index is 0.0959. The highest BCUT2D eigenvalue weighted by atomic mass is 35.5. The number of aliphatic hydroxyl groups is 1. The first-order chi connectivity index (χ1) is 18.9. The fraction of sp³-hybridized carbons (Fsp3) is 0.188. The molecule has 0 fully saturated rings. The lowest BCUT2D eigenvalue weighted by Crippen LogP contribution is -2.41. The molecule has 0 saturated heterocycles. The maximum absolute atomic E-state index is 13.3. The molecule has 0 aliphatic carbocycles. The molecule has 202 valence electrons. The van der Waals surface area contributed by atoms with Gasteiger partial charge in [-0.05, 0) is 48.9 Å². The lowest BCUT2D eigenvalue weighted by molar-refractivity contribution is 0.0947. The molecule has 4 aromatic carbocycles. The molecule has 7 heteroatoms. The summed E-state index contributed by atoms with van der Waals surface area (Å²) in [5.74, 6) is -0.586. The highest BCUT2D eigenvalue weighted by Crippen LogP contribution is 2.28. The van der Waals surface area contributed by atoms with Gasteiger partial charge >= 0.3 is 0 Å². The van der Waals surface area contributed by atoms with Crippen LogP contribution >= 0.6 is 11.6 Å². The summed E-state index contributed by atoms with van der Waals surface area (Å²) in [5, 5.41) is 16.1. The van der Waals surface area contributed by atoms with Crippen molar-refractivity contribution >= 4 is 34.8 Å². The Kier molecular flexibility index (Phi) is 11.3. The highest BCUT2D eigenvalue weighted by Gasteiger charge is 2.27.